The Morgan fingerprint density at radius 2 is 2.20 bits per heavy atom. The molecule has 1 aromatic rings. The number of ether oxygens (including phenoxy) is 1. The first-order valence-corrected chi connectivity index (χ1v) is 6.75. The molecule has 108 valence electrons. The molecule has 0 spiro atoms. The Bertz CT molecular complexity index is 514. The quantitative estimate of drug-likeness (QED) is 0.899. The van der Waals surface area contributed by atoms with Crippen molar-refractivity contribution in [3.8, 4) is 5.75 Å². The maximum Gasteiger partial charge on any atom is 0.254 e. The summed E-state index contributed by atoms with van der Waals surface area (Å²) in [7, 11) is 0. The zero-order chi connectivity index (χ0) is 14.7. The van der Waals surface area contributed by atoms with Crippen LogP contribution in [0.5, 0.6) is 5.75 Å². The van der Waals surface area contributed by atoms with Crippen molar-refractivity contribution >= 4 is 11.7 Å². The predicted octanol–water partition coefficient (Wildman–Crippen LogP) is 1.25. The highest BCUT2D eigenvalue weighted by Gasteiger charge is 2.37. The number of aliphatic hydroxyl groups excluding tert-OH is 1. The van der Waals surface area contributed by atoms with Gasteiger partial charge in [0.2, 0.25) is 0 Å². The number of β-amino-alcohol motifs (C(OH)–C–C–N with tert-alkyl or cyclic N) is 1. The largest absolute Gasteiger partial charge is 0.494 e. The monoisotopic (exact) mass is 277 g/mol. The highest BCUT2D eigenvalue weighted by Crippen LogP contribution is 2.23. The van der Waals surface area contributed by atoms with Crippen molar-refractivity contribution in [2.75, 3.05) is 13.2 Å². The van der Waals surface area contributed by atoms with Crippen LogP contribution >= 0.6 is 0 Å². The van der Waals surface area contributed by atoms with Crippen LogP contribution in [0.15, 0.2) is 24.3 Å². The molecule has 0 saturated carbocycles. The molecule has 2 rings (SSSR count). The van der Waals surface area contributed by atoms with Crippen molar-refractivity contribution < 1.29 is 19.4 Å². The zero-order valence-corrected chi connectivity index (χ0v) is 11.7. The number of nitrogens with zero attached hydrogens (tertiary/aromatic N) is 1. The summed E-state index contributed by atoms with van der Waals surface area (Å²) >= 11 is 0. The van der Waals surface area contributed by atoms with Gasteiger partial charge < -0.3 is 14.7 Å². The molecule has 0 aromatic heterocycles. The Hall–Kier alpha value is -1.88. The second-order valence-electron chi connectivity index (χ2n) is 4.93. The van der Waals surface area contributed by atoms with Crippen LogP contribution in [0, 0.1) is 0 Å². The van der Waals surface area contributed by atoms with E-state index in [0.29, 0.717) is 24.3 Å². The van der Waals surface area contributed by atoms with Gasteiger partial charge in [0.25, 0.3) is 5.91 Å². The number of aliphatic hydroxyl groups is 1. The first kappa shape index (κ1) is 14.5. The number of likely N-dealkylation sites (tertiary alicyclic amines) is 1. The van der Waals surface area contributed by atoms with Crippen LogP contribution in [0.2, 0.25) is 0 Å². The average molecular weight is 277 g/mol. The summed E-state index contributed by atoms with van der Waals surface area (Å²) in [6.45, 7) is 4.04. The summed E-state index contributed by atoms with van der Waals surface area (Å²) in [5.41, 5.74) is 0.469. The van der Waals surface area contributed by atoms with Crippen LogP contribution in [-0.2, 0) is 4.79 Å². The molecule has 1 fully saturated rings. The molecule has 5 heteroatoms. The Labute approximate surface area is 118 Å². The number of benzene rings is 1. The third-order valence-electron chi connectivity index (χ3n) is 3.40. The summed E-state index contributed by atoms with van der Waals surface area (Å²) in [5.74, 6) is 0.275. The van der Waals surface area contributed by atoms with Gasteiger partial charge in [-0.05, 0) is 32.0 Å². The maximum atomic E-state index is 12.5. The number of hydrogen-bond acceptors (Lipinski definition) is 4. The average Bonchev–Trinajstić information content (AvgIpc) is 2.81. The summed E-state index contributed by atoms with van der Waals surface area (Å²) in [5, 5.41) is 9.68. The molecule has 1 amide bonds. The standard InChI is InChI=1S/C15H19NO4/c1-3-20-13-6-4-5-11(7-13)15(19)16-9-12(18)8-14(16)10(2)17/h4-7,12,14,18H,3,8-9H2,1-2H3. The van der Waals surface area contributed by atoms with Gasteiger partial charge in [0, 0.05) is 18.5 Å². The Kier molecular flexibility index (Phi) is 4.39. The fourth-order valence-corrected chi connectivity index (χ4v) is 2.48. The van der Waals surface area contributed by atoms with Gasteiger partial charge in [-0.25, -0.2) is 0 Å². The molecule has 0 aliphatic carbocycles. The number of ketones is 1. The van der Waals surface area contributed by atoms with E-state index in [2.05, 4.69) is 0 Å². The van der Waals surface area contributed by atoms with Crippen LogP contribution in [0.4, 0.5) is 0 Å². The topological polar surface area (TPSA) is 66.8 Å². The number of carbonyl (C=O) groups is 2. The number of rotatable bonds is 4. The summed E-state index contributed by atoms with van der Waals surface area (Å²) in [4.78, 5) is 25.5. The van der Waals surface area contributed by atoms with E-state index >= 15 is 0 Å². The lowest BCUT2D eigenvalue weighted by Gasteiger charge is -2.22. The van der Waals surface area contributed by atoms with Gasteiger partial charge in [-0.3, -0.25) is 9.59 Å². The fraction of sp³-hybridized carbons (Fsp3) is 0.467. The second-order valence-corrected chi connectivity index (χ2v) is 4.93. The third-order valence-corrected chi connectivity index (χ3v) is 3.40. The van der Waals surface area contributed by atoms with E-state index in [1.807, 2.05) is 6.92 Å². The van der Waals surface area contributed by atoms with Crippen molar-refractivity contribution in [1.29, 1.82) is 0 Å². The van der Waals surface area contributed by atoms with E-state index in [-0.39, 0.29) is 18.2 Å². The predicted molar refractivity (Wildman–Crippen MR) is 73.7 cm³/mol. The SMILES string of the molecule is CCOc1cccc(C(=O)N2CC(O)CC2C(C)=O)c1. The molecule has 0 bridgehead atoms. The minimum atomic E-state index is -0.636. The highest BCUT2D eigenvalue weighted by molar-refractivity contribution is 5.98. The number of carbonyl (C=O) groups excluding carboxylic acids is 2. The lowest BCUT2D eigenvalue weighted by Crippen LogP contribution is -2.39. The molecule has 0 radical (unpaired) electrons. The lowest BCUT2D eigenvalue weighted by molar-refractivity contribution is -0.120. The van der Waals surface area contributed by atoms with Crippen LogP contribution in [0.1, 0.15) is 30.6 Å². The van der Waals surface area contributed by atoms with Crippen LogP contribution < -0.4 is 4.74 Å². The zero-order valence-electron chi connectivity index (χ0n) is 11.7. The summed E-state index contributed by atoms with van der Waals surface area (Å²) in [6.07, 6.45) is -0.324. The van der Waals surface area contributed by atoms with E-state index < -0.39 is 12.1 Å². The van der Waals surface area contributed by atoms with E-state index in [0.717, 1.165) is 0 Å². The molecule has 1 saturated heterocycles. The van der Waals surface area contributed by atoms with Gasteiger partial charge in [-0.15, -0.1) is 0 Å². The molecular weight excluding hydrogens is 258 g/mol. The van der Waals surface area contributed by atoms with Crippen molar-refractivity contribution in [1.82, 2.24) is 4.90 Å². The number of Topliss-reactive ketones (excluding diaryl/α,β-unsaturated/α-hetero) is 1. The van der Waals surface area contributed by atoms with Gasteiger partial charge in [0.05, 0.1) is 18.8 Å². The molecule has 1 aliphatic heterocycles. The van der Waals surface area contributed by atoms with Gasteiger partial charge in [-0.2, -0.15) is 0 Å². The minimum absolute atomic E-state index is 0.101. The minimum Gasteiger partial charge on any atom is -0.494 e. The molecule has 2 unspecified atom stereocenters. The van der Waals surface area contributed by atoms with Crippen LogP contribution in [-0.4, -0.2) is 47.0 Å². The summed E-state index contributed by atoms with van der Waals surface area (Å²) < 4.78 is 5.37. The maximum absolute atomic E-state index is 12.5. The van der Waals surface area contributed by atoms with Crippen LogP contribution in [0.25, 0.3) is 0 Å². The van der Waals surface area contributed by atoms with E-state index in [1.54, 1.807) is 24.3 Å². The Morgan fingerprint density at radius 1 is 1.45 bits per heavy atom. The molecule has 1 aliphatic rings. The first-order chi connectivity index (χ1) is 9.52. The fourth-order valence-electron chi connectivity index (χ4n) is 2.48. The molecule has 1 aromatic carbocycles. The highest BCUT2D eigenvalue weighted by atomic mass is 16.5. The van der Waals surface area contributed by atoms with E-state index in [4.69, 9.17) is 4.74 Å². The van der Waals surface area contributed by atoms with Crippen LogP contribution in [0.3, 0.4) is 0 Å². The molecule has 1 N–H and O–H groups in total. The number of hydrogen-bond donors (Lipinski definition) is 1. The van der Waals surface area contributed by atoms with Gasteiger partial charge in [-0.1, -0.05) is 6.07 Å². The second kappa shape index (κ2) is 6.05. The van der Waals surface area contributed by atoms with Crippen molar-refractivity contribution in [2.45, 2.75) is 32.4 Å². The van der Waals surface area contributed by atoms with Crippen molar-refractivity contribution in [3.05, 3.63) is 29.8 Å². The van der Waals surface area contributed by atoms with Crippen molar-refractivity contribution in [3.63, 3.8) is 0 Å². The Morgan fingerprint density at radius 3 is 2.85 bits per heavy atom. The van der Waals surface area contributed by atoms with E-state index in [9.17, 15) is 14.7 Å². The third kappa shape index (κ3) is 2.99. The molecule has 5 nitrogen and oxygen atoms in total. The molecular formula is C15H19NO4. The number of amides is 1. The summed E-state index contributed by atoms with van der Waals surface area (Å²) in [6, 6.07) is 6.34. The molecule has 1 heterocycles. The van der Waals surface area contributed by atoms with Gasteiger partial charge in [0.15, 0.2) is 5.78 Å². The van der Waals surface area contributed by atoms with Gasteiger partial charge in [0.1, 0.15) is 5.75 Å². The van der Waals surface area contributed by atoms with Gasteiger partial charge >= 0.3 is 0 Å². The lowest BCUT2D eigenvalue weighted by atomic mass is 10.1. The first-order valence-electron chi connectivity index (χ1n) is 6.75. The normalized spacial score (nSPS) is 21.9. The molecule has 20 heavy (non-hydrogen) atoms. The van der Waals surface area contributed by atoms with Crippen molar-refractivity contribution in [2.24, 2.45) is 0 Å². The molecule has 2 atom stereocenters. The van der Waals surface area contributed by atoms with E-state index in [1.165, 1.54) is 11.8 Å². The Balaban J connectivity index is 2.21. The smallest absolute Gasteiger partial charge is 0.254 e.